The van der Waals surface area contributed by atoms with E-state index >= 15 is 0 Å². The Morgan fingerprint density at radius 3 is 2.63 bits per heavy atom. The Hall–Kier alpha value is -2.29. The van der Waals surface area contributed by atoms with Crippen LogP contribution in [0.3, 0.4) is 0 Å². The summed E-state index contributed by atoms with van der Waals surface area (Å²) in [7, 11) is 1.97. The molecule has 0 unspecified atom stereocenters. The zero-order valence-electron chi connectivity index (χ0n) is 11.2. The topological polar surface area (TPSA) is 29.9 Å². The first-order chi connectivity index (χ1) is 9.24. The Balaban J connectivity index is 1.80. The highest BCUT2D eigenvalue weighted by Gasteiger charge is 2.03. The van der Waals surface area contributed by atoms with Crippen LogP contribution in [0.5, 0.6) is 0 Å². The zero-order valence-corrected chi connectivity index (χ0v) is 11.2. The van der Waals surface area contributed by atoms with Crippen molar-refractivity contribution in [3.63, 3.8) is 0 Å². The summed E-state index contributed by atoms with van der Waals surface area (Å²) >= 11 is 0. The summed E-state index contributed by atoms with van der Waals surface area (Å²) in [6, 6.07) is 14.8. The quantitative estimate of drug-likeness (QED) is 0.772. The molecular weight excluding hydrogens is 234 g/mol. The van der Waals surface area contributed by atoms with Crippen molar-refractivity contribution in [2.24, 2.45) is 7.05 Å². The molecule has 0 aliphatic carbocycles. The van der Waals surface area contributed by atoms with E-state index in [2.05, 4.69) is 59.8 Å². The maximum Gasteiger partial charge on any atom is 0.0542 e. The van der Waals surface area contributed by atoms with Crippen LogP contribution in [0.25, 0.3) is 10.8 Å². The third kappa shape index (κ3) is 2.32. The van der Waals surface area contributed by atoms with E-state index in [-0.39, 0.29) is 0 Å². The van der Waals surface area contributed by atoms with Crippen molar-refractivity contribution in [3.05, 3.63) is 59.9 Å². The molecule has 1 aromatic heterocycles. The van der Waals surface area contributed by atoms with Crippen LogP contribution in [0.15, 0.2) is 48.7 Å². The monoisotopic (exact) mass is 251 g/mol. The number of fused-ring (bicyclic) bond motifs is 1. The fourth-order valence-corrected chi connectivity index (χ4v) is 2.21. The van der Waals surface area contributed by atoms with Gasteiger partial charge in [-0.25, -0.2) is 0 Å². The Kier molecular flexibility index (Phi) is 2.95. The lowest BCUT2D eigenvalue weighted by Crippen LogP contribution is -2.01. The molecule has 0 atom stereocenters. The van der Waals surface area contributed by atoms with Gasteiger partial charge in [0.2, 0.25) is 0 Å². The second-order valence-electron chi connectivity index (χ2n) is 4.79. The minimum absolute atomic E-state index is 0.804. The summed E-state index contributed by atoms with van der Waals surface area (Å²) in [6.07, 6.45) is 1.92. The number of nitrogens with one attached hydrogen (secondary N) is 1. The molecular formula is C16H17N3. The lowest BCUT2D eigenvalue weighted by molar-refractivity contribution is 0.738. The molecule has 3 aromatic rings. The highest BCUT2D eigenvalue weighted by molar-refractivity contribution is 5.85. The number of anilines is 1. The predicted octanol–water partition coefficient (Wildman–Crippen LogP) is 3.49. The SMILES string of the molecule is Cc1c(CNc2ccc3ccccc3c2)cnn1C. The highest BCUT2D eigenvalue weighted by Crippen LogP contribution is 2.19. The molecule has 0 radical (unpaired) electrons. The molecule has 0 spiro atoms. The number of hydrogen-bond donors (Lipinski definition) is 1. The highest BCUT2D eigenvalue weighted by atomic mass is 15.3. The molecule has 0 bridgehead atoms. The van der Waals surface area contributed by atoms with Crippen molar-refractivity contribution in [1.29, 1.82) is 0 Å². The van der Waals surface area contributed by atoms with Gasteiger partial charge in [0, 0.05) is 30.5 Å². The molecule has 0 aliphatic heterocycles. The van der Waals surface area contributed by atoms with E-state index in [0.29, 0.717) is 0 Å². The van der Waals surface area contributed by atoms with Crippen LogP contribution in [-0.4, -0.2) is 9.78 Å². The summed E-state index contributed by atoms with van der Waals surface area (Å²) in [5.41, 5.74) is 3.57. The number of benzene rings is 2. The zero-order chi connectivity index (χ0) is 13.2. The van der Waals surface area contributed by atoms with E-state index in [1.807, 2.05) is 17.9 Å². The fourth-order valence-electron chi connectivity index (χ4n) is 2.21. The molecule has 0 fully saturated rings. The minimum atomic E-state index is 0.804. The molecule has 19 heavy (non-hydrogen) atoms. The Labute approximate surface area is 112 Å². The van der Waals surface area contributed by atoms with Gasteiger partial charge in [0.1, 0.15) is 0 Å². The van der Waals surface area contributed by atoms with E-state index in [1.165, 1.54) is 22.0 Å². The van der Waals surface area contributed by atoms with Gasteiger partial charge in [-0.15, -0.1) is 0 Å². The molecule has 0 amide bonds. The molecule has 0 saturated heterocycles. The molecule has 3 heteroatoms. The van der Waals surface area contributed by atoms with E-state index in [4.69, 9.17) is 0 Å². The van der Waals surface area contributed by atoms with E-state index < -0.39 is 0 Å². The molecule has 1 N–H and O–H groups in total. The fraction of sp³-hybridized carbons (Fsp3) is 0.188. The van der Waals surface area contributed by atoms with Crippen LogP contribution in [0, 0.1) is 6.92 Å². The lowest BCUT2D eigenvalue weighted by Gasteiger charge is -2.07. The normalized spacial score (nSPS) is 10.8. The maximum absolute atomic E-state index is 4.26. The molecule has 96 valence electrons. The van der Waals surface area contributed by atoms with Gasteiger partial charge in [0.05, 0.1) is 6.20 Å². The Morgan fingerprint density at radius 2 is 1.89 bits per heavy atom. The van der Waals surface area contributed by atoms with Crippen molar-refractivity contribution < 1.29 is 0 Å². The van der Waals surface area contributed by atoms with Gasteiger partial charge in [0.15, 0.2) is 0 Å². The first-order valence-electron chi connectivity index (χ1n) is 6.44. The summed E-state index contributed by atoms with van der Waals surface area (Å²) in [4.78, 5) is 0. The molecule has 3 nitrogen and oxygen atoms in total. The van der Waals surface area contributed by atoms with E-state index in [1.54, 1.807) is 0 Å². The van der Waals surface area contributed by atoms with Gasteiger partial charge < -0.3 is 5.32 Å². The average molecular weight is 251 g/mol. The standard InChI is InChI=1S/C16H17N3/c1-12-15(11-18-19(12)2)10-17-16-8-7-13-5-3-4-6-14(13)9-16/h3-9,11,17H,10H2,1-2H3. The molecule has 1 heterocycles. The average Bonchev–Trinajstić information content (AvgIpc) is 2.76. The number of aryl methyl sites for hydroxylation is 1. The number of nitrogens with zero attached hydrogens (tertiary/aromatic N) is 2. The van der Waals surface area contributed by atoms with Gasteiger partial charge >= 0.3 is 0 Å². The van der Waals surface area contributed by atoms with E-state index in [0.717, 1.165) is 12.2 Å². The van der Waals surface area contributed by atoms with Crippen LogP contribution in [-0.2, 0) is 13.6 Å². The summed E-state index contributed by atoms with van der Waals surface area (Å²) in [5.74, 6) is 0. The number of hydrogen-bond acceptors (Lipinski definition) is 2. The van der Waals surface area contributed by atoms with Crippen molar-refractivity contribution in [3.8, 4) is 0 Å². The Bertz CT molecular complexity index is 713. The van der Waals surface area contributed by atoms with E-state index in [9.17, 15) is 0 Å². The lowest BCUT2D eigenvalue weighted by atomic mass is 10.1. The molecule has 0 saturated carbocycles. The minimum Gasteiger partial charge on any atom is -0.381 e. The number of rotatable bonds is 3. The van der Waals surface area contributed by atoms with Gasteiger partial charge in [-0.2, -0.15) is 5.10 Å². The molecule has 0 aliphatic rings. The third-order valence-corrected chi connectivity index (χ3v) is 3.57. The van der Waals surface area contributed by atoms with Crippen molar-refractivity contribution in [2.75, 3.05) is 5.32 Å². The summed E-state index contributed by atoms with van der Waals surface area (Å²) in [5, 5.41) is 10.2. The van der Waals surface area contributed by atoms with Gasteiger partial charge in [0.25, 0.3) is 0 Å². The van der Waals surface area contributed by atoms with Gasteiger partial charge in [-0.3, -0.25) is 4.68 Å². The molecule has 2 aromatic carbocycles. The first-order valence-corrected chi connectivity index (χ1v) is 6.44. The predicted molar refractivity (Wildman–Crippen MR) is 79.2 cm³/mol. The number of aromatic nitrogens is 2. The Morgan fingerprint density at radius 1 is 1.11 bits per heavy atom. The second-order valence-corrected chi connectivity index (χ2v) is 4.79. The smallest absolute Gasteiger partial charge is 0.0542 e. The van der Waals surface area contributed by atoms with Gasteiger partial charge in [-0.1, -0.05) is 30.3 Å². The second kappa shape index (κ2) is 4.76. The van der Waals surface area contributed by atoms with Crippen molar-refractivity contribution >= 4 is 16.5 Å². The molecule has 3 rings (SSSR count). The van der Waals surface area contributed by atoms with Crippen LogP contribution >= 0.6 is 0 Å². The first kappa shape index (κ1) is 11.8. The maximum atomic E-state index is 4.26. The third-order valence-electron chi connectivity index (χ3n) is 3.57. The van der Waals surface area contributed by atoms with Crippen molar-refractivity contribution in [1.82, 2.24) is 9.78 Å². The van der Waals surface area contributed by atoms with Crippen LogP contribution in [0.2, 0.25) is 0 Å². The van der Waals surface area contributed by atoms with Crippen LogP contribution in [0.1, 0.15) is 11.3 Å². The summed E-state index contributed by atoms with van der Waals surface area (Å²) < 4.78 is 1.90. The van der Waals surface area contributed by atoms with Crippen molar-refractivity contribution in [2.45, 2.75) is 13.5 Å². The van der Waals surface area contributed by atoms with Crippen LogP contribution < -0.4 is 5.32 Å². The summed E-state index contributed by atoms with van der Waals surface area (Å²) in [6.45, 7) is 2.89. The van der Waals surface area contributed by atoms with Crippen LogP contribution in [0.4, 0.5) is 5.69 Å². The largest absolute Gasteiger partial charge is 0.381 e. The van der Waals surface area contributed by atoms with Gasteiger partial charge in [-0.05, 0) is 29.8 Å².